The quantitative estimate of drug-likeness (QED) is 0.532. The molecule has 126 valence electrons. The number of rotatable bonds is 8. The highest BCUT2D eigenvalue weighted by molar-refractivity contribution is 5.92. The predicted octanol–water partition coefficient (Wildman–Crippen LogP) is 5.46. The number of H-pyrrole nitrogens is 1. The molecule has 2 nitrogen and oxygen atoms in total. The topological polar surface area (TPSA) is 41.8 Å². The van der Waals surface area contributed by atoms with E-state index < -0.39 is 0 Å². The number of hydrogen-bond donors (Lipinski definition) is 2. The number of nitrogens with one attached hydrogen (secondary N) is 1. The van der Waals surface area contributed by atoms with Gasteiger partial charge >= 0.3 is 0 Å². The first-order chi connectivity index (χ1) is 11.8. The Morgan fingerprint density at radius 2 is 1.71 bits per heavy atom. The Bertz CT molecular complexity index is 771. The minimum absolute atomic E-state index is 0.769. The summed E-state index contributed by atoms with van der Waals surface area (Å²) >= 11 is 0. The zero-order valence-electron chi connectivity index (χ0n) is 14.6. The SMILES string of the molecule is CCCCc1cccc2c(CCCCN)c(-c3ccccc3)[nH]c12. The van der Waals surface area contributed by atoms with Crippen molar-refractivity contribution in [3.8, 4) is 11.3 Å². The number of para-hydroxylation sites is 1. The number of unbranched alkanes of at least 4 members (excludes halogenated alkanes) is 2. The summed E-state index contributed by atoms with van der Waals surface area (Å²) in [6.07, 6.45) is 6.91. The maximum atomic E-state index is 5.70. The van der Waals surface area contributed by atoms with Crippen LogP contribution >= 0.6 is 0 Å². The number of aromatic nitrogens is 1. The van der Waals surface area contributed by atoms with Crippen LogP contribution in [0.15, 0.2) is 48.5 Å². The van der Waals surface area contributed by atoms with E-state index >= 15 is 0 Å². The average molecular weight is 320 g/mol. The summed E-state index contributed by atoms with van der Waals surface area (Å²) in [7, 11) is 0. The highest BCUT2D eigenvalue weighted by atomic mass is 14.7. The third kappa shape index (κ3) is 3.54. The number of fused-ring (bicyclic) bond motifs is 1. The Balaban J connectivity index is 2.08. The van der Waals surface area contributed by atoms with Crippen LogP contribution in [-0.4, -0.2) is 11.5 Å². The molecule has 3 N–H and O–H groups in total. The molecule has 0 saturated carbocycles. The number of hydrogen-bond acceptors (Lipinski definition) is 1. The van der Waals surface area contributed by atoms with Crippen molar-refractivity contribution >= 4 is 10.9 Å². The summed E-state index contributed by atoms with van der Waals surface area (Å²) < 4.78 is 0. The fourth-order valence-electron chi connectivity index (χ4n) is 3.47. The number of aryl methyl sites for hydroxylation is 2. The molecule has 0 saturated heterocycles. The maximum Gasteiger partial charge on any atom is 0.0497 e. The molecule has 0 aliphatic rings. The lowest BCUT2D eigenvalue weighted by atomic mass is 9.98. The van der Waals surface area contributed by atoms with Crippen LogP contribution < -0.4 is 5.73 Å². The van der Waals surface area contributed by atoms with Crippen molar-refractivity contribution in [1.29, 1.82) is 0 Å². The fourth-order valence-corrected chi connectivity index (χ4v) is 3.47. The van der Waals surface area contributed by atoms with Gasteiger partial charge in [0.25, 0.3) is 0 Å². The van der Waals surface area contributed by atoms with E-state index in [1.165, 1.54) is 46.1 Å². The van der Waals surface area contributed by atoms with Gasteiger partial charge in [0.1, 0.15) is 0 Å². The van der Waals surface area contributed by atoms with Gasteiger partial charge in [0.15, 0.2) is 0 Å². The van der Waals surface area contributed by atoms with Crippen molar-refractivity contribution in [3.63, 3.8) is 0 Å². The third-order valence-corrected chi connectivity index (χ3v) is 4.77. The molecular weight excluding hydrogens is 292 g/mol. The summed E-state index contributed by atoms with van der Waals surface area (Å²) in [5.41, 5.74) is 12.5. The van der Waals surface area contributed by atoms with Crippen LogP contribution in [0.3, 0.4) is 0 Å². The Hall–Kier alpha value is -2.06. The van der Waals surface area contributed by atoms with Gasteiger partial charge in [-0.15, -0.1) is 0 Å². The summed E-state index contributed by atoms with van der Waals surface area (Å²) in [6, 6.07) is 17.4. The van der Waals surface area contributed by atoms with Crippen LogP contribution in [0.4, 0.5) is 0 Å². The van der Waals surface area contributed by atoms with Gasteiger partial charge in [-0.25, -0.2) is 0 Å². The highest BCUT2D eigenvalue weighted by Gasteiger charge is 2.14. The Kier molecular flexibility index (Phi) is 5.71. The standard InChI is InChI=1S/C22H28N2/c1-2-3-10-17-13-9-15-20-19(14-7-8-16-23)22(24-21(17)20)18-11-5-4-6-12-18/h4-6,9,11-13,15,24H,2-3,7-8,10,14,16,23H2,1H3. The van der Waals surface area contributed by atoms with Gasteiger partial charge in [0, 0.05) is 16.6 Å². The van der Waals surface area contributed by atoms with Gasteiger partial charge in [-0.3, -0.25) is 0 Å². The van der Waals surface area contributed by atoms with Crippen LogP contribution in [0.2, 0.25) is 0 Å². The van der Waals surface area contributed by atoms with E-state index in [4.69, 9.17) is 5.73 Å². The van der Waals surface area contributed by atoms with Crippen LogP contribution in [0, 0.1) is 0 Å². The smallest absolute Gasteiger partial charge is 0.0497 e. The molecular formula is C22H28N2. The Labute approximate surface area is 145 Å². The zero-order valence-corrected chi connectivity index (χ0v) is 14.6. The molecule has 0 radical (unpaired) electrons. The lowest BCUT2D eigenvalue weighted by molar-refractivity contribution is 0.748. The van der Waals surface area contributed by atoms with Crippen LogP contribution in [0.1, 0.15) is 43.7 Å². The van der Waals surface area contributed by atoms with E-state index in [9.17, 15) is 0 Å². The van der Waals surface area contributed by atoms with Gasteiger partial charge in [-0.05, 0) is 55.3 Å². The normalized spacial score (nSPS) is 11.2. The summed E-state index contributed by atoms with van der Waals surface area (Å²) in [5, 5.41) is 1.39. The second-order valence-corrected chi connectivity index (χ2v) is 6.53. The van der Waals surface area contributed by atoms with Crippen molar-refractivity contribution in [2.24, 2.45) is 5.73 Å². The zero-order chi connectivity index (χ0) is 16.8. The lowest BCUT2D eigenvalue weighted by Gasteiger charge is -2.05. The van der Waals surface area contributed by atoms with Gasteiger partial charge in [-0.1, -0.05) is 61.9 Å². The van der Waals surface area contributed by atoms with Gasteiger partial charge < -0.3 is 10.7 Å². The predicted molar refractivity (Wildman–Crippen MR) is 104 cm³/mol. The minimum Gasteiger partial charge on any atom is -0.354 e. The molecule has 1 aromatic heterocycles. The lowest BCUT2D eigenvalue weighted by Crippen LogP contribution is -1.99. The molecule has 0 amide bonds. The molecule has 3 aromatic rings. The second kappa shape index (κ2) is 8.16. The fraction of sp³-hybridized carbons (Fsp3) is 0.364. The van der Waals surface area contributed by atoms with E-state index in [2.05, 4.69) is 60.4 Å². The summed E-state index contributed by atoms with van der Waals surface area (Å²) in [5.74, 6) is 0. The number of benzene rings is 2. The van der Waals surface area contributed by atoms with Crippen molar-refractivity contribution in [3.05, 3.63) is 59.7 Å². The molecule has 0 spiro atoms. The Morgan fingerprint density at radius 3 is 2.46 bits per heavy atom. The van der Waals surface area contributed by atoms with Crippen LogP contribution in [-0.2, 0) is 12.8 Å². The molecule has 0 aliphatic heterocycles. The van der Waals surface area contributed by atoms with Crippen molar-refractivity contribution in [2.75, 3.05) is 6.54 Å². The van der Waals surface area contributed by atoms with E-state index in [1.54, 1.807) is 0 Å². The van der Waals surface area contributed by atoms with E-state index in [0.717, 1.165) is 32.2 Å². The van der Waals surface area contributed by atoms with Gasteiger partial charge in [0.05, 0.1) is 0 Å². The monoisotopic (exact) mass is 320 g/mol. The first-order valence-electron chi connectivity index (χ1n) is 9.23. The van der Waals surface area contributed by atoms with Crippen molar-refractivity contribution in [2.45, 2.75) is 45.4 Å². The van der Waals surface area contributed by atoms with E-state index in [1.807, 2.05) is 0 Å². The average Bonchev–Trinajstić information content (AvgIpc) is 3.00. The van der Waals surface area contributed by atoms with E-state index in [-0.39, 0.29) is 0 Å². The van der Waals surface area contributed by atoms with Gasteiger partial charge in [0.2, 0.25) is 0 Å². The molecule has 2 aromatic carbocycles. The summed E-state index contributed by atoms with van der Waals surface area (Å²) in [4.78, 5) is 3.75. The minimum atomic E-state index is 0.769. The second-order valence-electron chi connectivity index (χ2n) is 6.53. The number of aromatic amines is 1. The van der Waals surface area contributed by atoms with E-state index in [0.29, 0.717) is 0 Å². The first-order valence-corrected chi connectivity index (χ1v) is 9.23. The van der Waals surface area contributed by atoms with Crippen molar-refractivity contribution < 1.29 is 0 Å². The third-order valence-electron chi connectivity index (χ3n) is 4.77. The number of nitrogens with two attached hydrogens (primary N) is 1. The molecule has 1 heterocycles. The largest absolute Gasteiger partial charge is 0.354 e. The summed E-state index contributed by atoms with van der Waals surface area (Å²) in [6.45, 7) is 3.02. The molecule has 0 fully saturated rings. The maximum absolute atomic E-state index is 5.70. The van der Waals surface area contributed by atoms with Crippen LogP contribution in [0.5, 0.6) is 0 Å². The van der Waals surface area contributed by atoms with Crippen molar-refractivity contribution in [1.82, 2.24) is 4.98 Å². The first kappa shape index (κ1) is 16.8. The Morgan fingerprint density at radius 1 is 0.875 bits per heavy atom. The molecule has 3 rings (SSSR count). The molecule has 24 heavy (non-hydrogen) atoms. The molecule has 0 atom stereocenters. The molecule has 0 bridgehead atoms. The molecule has 0 unspecified atom stereocenters. The van der Waals surface area contributed by atoms with Crippen LogP contribution in [0.25, 0.3) is 22.2 Å². The highest BCUT2D eigenvalue weighted by Crippen LogP contribution is 2.33. The molecule has 2 heteroatoms. The van der Waals surface area contributed by atoms with Gasteiger partial charge in [-0.2, -0.15) is 0 Å². The molecule has 0 aliphatic carbocycles.